The Morgan fingerprint density at radius 3 is 1.62 bits per heavy atom. The predicted octanol–water partition coefficient (Wildman–Crippen LogP) is 2.82. The van der Waals surface area contributed by atoms with Crippen molar-refractivity contribution in [2.75, 3.05) is 28.2 Å². The Morgan fingerprint density at radius 2 is 1.24 bits per heavy atom. The van der Waals surface area contributed by atoms with Crippen molar-refractivity contribution < 1.29 is 4.42 Å². The Morgan fingerprint density at radius 1 is 0.810 bits per heavy atom. The maximum Gasteiger partial charge on any atom is 0.186 e. The van der Waals surface area contributed by atoms with E-state index in [-0.39, 0.29) is 5.43 Å². The molecule has 0 saturated carbocycles. The fourth-order valence-electron chi connectivity index (χ4n) is 1.43. The van der Waals surface area contributed by atoms with E-state index in [1.807, 2.05) is 74.7 Å². The summed E-state index contributed by atoms with van der Waals surface area (Å²) in [6.07, 6.45) is 14.7. The molecule has 1 aromatic heterocycles. The number of allylic oxidation sites excluding steroid dienone is 4. The maximum atomic E-state index is 11.6. The summed E-state index contributed by atoms with van der Waals surface area (Å²) < 4.78 is 5.60. The van der Waals surface area contributed by atoms with Gasteiger partial charge in [-0.15, -0.1) is 0 Å². The van der Waals surface area contributed by atoms with Crippen LogP contribution in [0, 0.1) is 0 Å². The first-order valence-electron chi connectivity index (χ1n) is 6.65. The van der Waals surface area contributed by atoms with Crippen LogP contribution in [-0.4, -0.2) is 38.0 Å². The number of rotatable bonds is 6. The molecule has 0 aromatic carbocycles. The molecule has 0 bridgehead atoms. The van der Waals surface area contributed by atoms with Gasteiger partial charge in [0.15, 0.2) is 5.43 Å². The van der Waals surface area contributed by atoms with Crippen LogP contribution in [0.5, 0.6) is 0 Å². The van der Waals surface area contributed by atoms with Crippen molar-refractivity contribution in [1.29, 1.82) is 0 Å². The first kappa shape index (κ1) is 16.6. The van der Waals surface area contributed by atoms with Gasteiger partial charge in [0.05, 0.1) is 0 Å². The van der Waals surface area contributed by atoms with Crippen molar-refractivity contribution in [2.24, 2.45) is 0 Å². The molecule has 4 heteroatoms. The molecule has 0 spiro atoms. The lowest BCUT2D eigenvalue weighted by Crippen LogP contribution is -1.99. The average Bonchev–Trinajstić information content (AvgIpc) is 2.39. The van der Waals surface area contributed by atoms with Gasteiger partial charge in [0, 0.05) is 40.3 Å². The van der Waals surface area contributed by atoms with Crippen LogP contribution in [0.3, 0.4) is 0 Å². The minimum absolute atomic E-state index is 0.0753. The lowest BCUT2D eigenvalue weighted by molar-refractivity contribution is 0.527. The minimum Gasteiger partial charge on any atom is -0.457 e. The van der Waals surface area contributed by atoms with Gasteiger partial charge in [0.2, 0.25) is 0 Å². The topological polar surface area (TPSA) is 36.7 Å². The third kappa shape index (κ3) is 7.62. The summed E-state index contributed by atoms with van der Waals surface area (Å²) in [6.45, 7) is 0. The van der Waals surface area contributed by atoms with E-state index in [9.17, 15) is 4.79 Å². The van der Waals surface area contributed by atoms with Gasteiger partial charge in [0.1, 0.15) is 11.5 Å². The van der Waals surface area contributed by atoms with Crippen LogP contribution >= 0.6 is 0 Å². The number of hydrogen-bond acceptors (Lipinski definition) is 4. The fourth-order valence-corrected chi connectivity index (χ4v) is 1.43. The smallest absolute Gasteiger partial charge is 0.186 e. The van der Waals surface area contributed by atoms with E-state index in [0.717, 1.165) is 0 Å². The zero-order valence-corrected chi connectivity index (χ0v) is 13.0. The second-order valence-electron chi connectivity index (χ2n) is 4.93. The monoisotopic (exact) mass is 286 g/mol. The molecular weight excluding hydrogens is 264 g/mol. The predicted molar refractivity (Wildman–Crippen MR) is 88.7 cm³/mol. The van der Waals surface area contributed by atoms with Gasteiger partial charge < -0.3 is 14.2 Å². The van der Waals surface area contributed by atoms with Crippen LogP contribution in [-0.2, 0) is 0 Å². The second kappa shape index (κ2) is 8.64. The Hall–Kier alpha value is -2.49. The molecule has 0 radical (unpaired) electrons. The van der Waals surface area contributed by atoms with Gasteiger partial charge in [-0.25, -0.2) is 0 Å². The van der Waals surface area contributed by atoms with E-state index in [1.54, 1.807) is 12.2 Å². The SMILES string of the molecule is CN(C)C=CC=Cc1cc(=O)cc(C=CC=CN(C)C)o1. The molecule has 0 atom stereocenters. The number of hydrogen-bond donors (Lipinski definition) is 0. The summed E-state index contributed by atoms with van der Waals surface area (Å²) in [5, 5.41) is 0. The van der Waals surface area contributed by atoms with Crippen LogP contribution in [0.2, 0.25) is 0 Å². The average molecular weight is 286 g/mol. The molecule has 1 heterocycles. The van der Waals surface area contributed by atoms with E-state index in [2.05, 4.69) is 0 Å². The molecule has 0 aliphatic heterocycles. The van der Waals surface area contributed by atoms with E-state index in [4.69, 9.17) is 4.42 Å². The van der Waals surface area contributed by atoms with Crippen LogP contribution < -0.4 is 5.43 Å². The molecule has 0 unspecified atom stereocenters. The molecule has 1 aromatic rings. The van der Waals surface area contributed by atoms with Crippen molar-refractivity contribution in [3.8, 4) is 0 Å². The Labute approximate surface area is 126 Å². The van der Waals surface area contributed by atoms with E-state index >= 15 is 0 Å². The largest absolute Gasteiger partial charge is 0.457 e. The molecule has 0 aliphatic carbocycles. The second-order valence-corrected chi connectivity index (χ2v) is 4.93. The summed E-state index contributed by atoms with van der Waals surface area (Å²) in [5.74, 6) is 1.06. The molecule has 112 valence electrons. The van der Waals surface area contributed by atoms with Gasteiger partial charge in [-0.2, -0.15) is 0 Å². The molecular formula is C17H22N2O2. The molecule has 0 aliphatic rings. The van der Waals surface area contributed by atoms with Crippen LogP contribution in [0.1, 0.15) is 11.5 Å². The van der Waals surface area contributed by atoms with Crippen molar-refractivity contribution in [3.63, 3.8) is 0 Å². The molecule has 0 N–H and O–H groups in total. The highest BCUT2D eigenvalue weighted by molar-refractivity contribution is 5.49. The van der Waals surface area contributed by atoms with Gasteiger partial charge in [-0.3, -0.25) is 4.79 Å². The lowest BCUT2D eigenvalue weighted by atomic mass is 10.3. The zero-order valence-electron chi connectivity index (χ0n) is 13.0. The maximum absolute atomic E-state index is 11.6. The van der Waals surface area contributed by atoms with Gasteiger partial charge in [0.25, 0.3) is 0 Å². The highest BCUT2D eigenvalue weighted by atomic mass is 16.3. The van der Waals surface area contributed by atoms with Crippen LogP contribution in [0.4, 0.5) is 0 Å². The quantitative estimate of drug-likeness (QED) is 0.754. The fraction of sp³-hybridized carbons (Fsp3) is 0.235. The lowest BCUT2D eigenvalue weighted by Gasteiger charge is -2.01. The molecule has 0 amide bonds. The van der Waals surface area contributed by atoms with Crippen LogP contribution in [0.15, 0.2) is 58.0 Å². The number of nitrogens with zero attached hydrogens (tertiary/aromatic N) is 2. The van der Waals surface area contributed by atoms with Crippen molar-refractivity contribution in [3.05, 3.63) is 70.6 Å². The van der Waals surface area contributed by atoms with E-state index in [0.29, 0.717) is 11.5 Å². The summed E-state index contributed by atoms with van der Waals surface area (Å²) in [4.78, 5) is 15.5. The van der Waals surface area contributed by atoms with E-state index < -0.39 is 0 Å². The highest BCUT2D eigenvalue weighted by Gasteiger charge is 1.96. The van der Waals surface area contributed by atoms with Gasteiger partial charge >= 0.3 is 0 Å². The normalized spacial score (nSPS) is 12.2. The first-order chi connectivity index (χ1) is 9.97. The summed E-state index contributed by atoms with van der Waals surface area (Å²) in [5.41, 5.74) is -0.0753. The summed E-state index contributed by atoms with van der Waals surface area (Å²) in [6, 6.07) is 2.93. The first-order valence-corrected chi connectivity index (χ1v) is 6.65. The van der Waals surface area contributed by atoms with Gasteiger partial charge in [-0.05, 0) is 36.7 Å². The molecule has 1 rings (SSSR count). The third-order valence-electron chi connectivity index (χ3n) is 2.32. The standard InChI is InChI=1S/C17H22N2O2/c1-18(2)11-7-5-9-16-13-15(20)14-17(21-16)10-6-8-12-19(3)4/h5-14H,1-4H3. The van der Waals surface area contributed by atoms with E-state index in [1.165, 1.54) is 12.1 Å². The molecule has 4 nitrogen and oxygen atoms in total. The summed E-state index contributed by atoms with van der Waals surface area (Å²) >= 11 is 0. The Kier molecular flexibility index (Phi) is 6.81. The van der Waals surface area contributed by atoms with Gasteiger partial charge in [-0.1, -0.05) is 12.2 Å². The van der Waals surface area contributed by atoms with Crippen LogP contribution in [0.25, 0.3) is 12.2 Å². The summed E-state index contributed by atoms with van der Waals surface area (Å²) in [7, 11) is 7.77. The Bertz CT molecular complexity index is 556. The van der Waals surface area contributed by atoms with Crippen molar-refractivity contribution >= 4 is 12.2 Å². The van der Waals surface area contributed by atoms with Crippen molar-refractivity contribution in [2.45, 2.75) is 0 Å². The van der Waals surface area contributed by atoms with Crippen molar-refractivity contribution in [1.82, 2.24) is 9.80 Å². The zero-order chi connectivity index (χ0) is 15.7. The minimum atomic E-state index is -0.0753. The Balaban J connectivity index is 2.83. The molecule has 0 fully saturated rings. The molecule has 0 saturated heterocycles. The third-order valence-corrected chi connectivity index (χ3v) is 2.32. The molecule has 21 heavy (non-hydrogen) atoms. The highest BCUT2D eigenvalue weighted by Crippen LogP contribution is 2.06.